The molecule has 0 radical (unpaired) electrons. The summed E-state index contributed by atoms with van der Waals surface area (Å²) in [6, 6.07) is 3.76. The molecule has 2 atom stereocenters. The van der Waals surface area contributed by atoms with E-state index in [9.17, 15) is 14.0 Å². The highest BCUT2D eigenvalue weighted by atomic mass is 19.1. The lowest BCUT2D eigenvalue weighted by Crippen LogP contribution is -2.44. The Kier molecular flexibility index (Phi) is 4.73. The van der Waals surface area contributed by atoms with Crippen LogP contribution in [0.25, 0.3) is 0 Å². The van der Waals surface area contributed by atoms with E-state index in [0.29, 0.717) is 25.1 Å². The van der Waals surface area contributed by atoms with Crippen LogP contribution in [-0.2, 0) is 4.79 Å². The molecule has 24 heavy (non-hydrogen) atoms. The van der Waals surface area contributed by atoms with E-state index in [1.165, 1.54) is 18.2 Å². The van der Waals surface area contributed by atoms with E-state index in [1.54, 1.807) is 16.8 Å². The molecule has 130 valence electrons. The van der Waals surface area contributed by atoms with Crippen LogP contribution in [0, 0.1) is 5.82 Å². The van der Waals surface area contributed by atoms with E-state index in [0.717, 1.165) is 19.3 Å². The number of hydrogen-bond acceptors (Lipinski definition) is 3. The second-order valence-corrected chi connectivity index (χ2v) is 6.54. The van der Waals surface area contributed by atoms with Gasteiger partial charge in [0.05, 0.1) is 18.2 Å². The van der Waals surface area contributed by atoms with Gasteiger partial charge in [-0.25, -0.2) is 4.39 Å². The minimum Gasteiger partial charge on any atom is -0.485 e. The van der Waals surface area contributed by atoms with Gasteiger partial charge in [-0.15, -0.1) is 0 Å². The Balaban J connectivity index is 1.77. The van der Waals surface area contributed by atoms with E-state index in [4.69, 9.17) is 4.74 Å². The number of ether oxygens (including phenoxy) is 1. The lowest BCUT2D eigenvalue weighted by molar-refractivity contribution is -0.130. The van der Waals surface area contributed by atoms with Gasteiger partial charge in [0.25, 0.3) is 5.91 Å². The van der Waals surface area contributed by atoms with E-state index in [1.807, 2.05) is 0 Å². The molecule has 0 spiro atoms. The van der Waals surface area contributed by atoms with Crippen LogP contribution in [0.4, 0.5) is 4.39 Å². The summed E-state index contributed by atoms with van der Waals surface area (Å²) in [5.41, 5.74) is 0.370. The van der Waals surface area contributed by atoms with Gasteiger partial charge >= 0.3 is 0 Å². The maximum atomic E-state index is 13.5. The second kappa shape index (κ2) is 6.79. The summed E-state index contributed by atoms with van der Waals surface area (Å²) in [7, 11) is 1.72. The molecule has 2 unspecified atom stereocenters. The Morgan fingerprint density at radius 1 is 1.33 bits per heavy atom. The van der Waals surface area contributed by atoms with Crippen molar-refractivity contribution in [3.63, 3.8) is 0 Å². The van der Waals surface area contributed by atoms with Gasteiger partial charge in [0, 0.05) is 26.1 Å². The fraction of sp³-hybridized carbons (Fsp3) is 0.556. The Morgan fingerprint density at radius 2 is 2.12 bits per heavy atom. The zero-order chi connectivity index (χ0) is 17.3. The molecule has 0 aliphatic carbocycles. The molecule has 1 aromatic rings. The molecule has 0 saturated carbocycles. The highest BCUT2D eigenvalue weighted by Crippen LogP contribution is 2.31. The summed E-state index contributed by atoms with van der Waals surface area (Å²) in [4.78, 5) is 28.3. The molecule has 6 heteroatoms. The average molecular weight is 334 g/mol. The maximum Gasteiger partial charge on any atom is 0.257 e. The topological polar surface area (TPSA) is 49.9 Å². The van der Waals surface area contributed by atoms with Crippen LogP contribution in [0.1, 0.15) is 43.0 Å². The molecule has 1 saturated heterocycles. The largest absolute Gasteiger partial charge is 0.485 e. The summed E-state index contributed by atoms with van der Waals surface area (Å²) >= 11 is 0. The highest BCUT2D eigenvalue weighted by Gasteiger charge is 2.43. The molecular formula is C18H23FN2O3. The highest BCUT2D eigenvalue weighted by molar-refractivity contribution is 5.97. The molecule has 0 aromatic heterocycles. The number of fused-ring (bicyclic) bond motifs is 2. The number of nitrogens with zero attached hydrogens (tertiary/aromatic N) is 2. The Hall–Kier alpha value is -2.11. The molecule has 2 amide bonds. The van der Waals surface area contributed by atoms with Crippen molar-refractivity contribution in [2.45, 2.75) is 44.8 Å². The number of likely N-dealkylation sites (tertiary alicyclic amines) is 1. The minimum atomic E-state index is -0.437. The third-order valence-electron chi connectivity index (χ3n) is 4.85. The first-order chi connectivity index (χ1) is 11.5. The van der Waals surface area contributed by atoms with Crippen molar-refractivity contribution in [1.29, 1.82) is 0 Å². The number of benzene rings is 1. The first-order valence-electron chi connectivity index (χ1n) is 8.52. The monoisotopic (exact) mass is 334 g/mol. The number of carbonyl (C=O) groups is 2. The Morgan fingerprint density at radius 3 is 2.88 bits per heavy atom. The van der Waals surface area contributed by atoms with Crippen LogP contribution in [0.5, 0.6) is 5.75 Å². The smallest absolute Gasteiger partial charge is 0.257 e. The second-order valence-electron chi connectivity index (χ2n) is 6.54. The number of hydrogen-bond donors (Lipinski definition) is 0. The Labute approximate surface area is 141 Å². The van der Waals surface area contributed by atoms with Gasteiger partial charge in [-0.2, -0.15) is 0 Å². The average Bonchev–Trinajstić information content (AvgIpc) is 2.94. The zero-order valence-electron chi connectivity index (χ0n) is 14.1. The summed E-state index contributed by atoms with van der Waals surface area (Å²) in [5, 5.41) is 0. The van der Waals surface area contributed by atoms with Crippen LogP contribution in [0.15, 0.2) is 18.2 Å². The predicted molar refractivity (Wildman–Crippen MR) is 87.4 cm³/mol. The standard InChI is InChI=1S/C18H23FN2O3/c1-3-4-5-6-17(22)21-10-14-16(11-21)24-15-9-12(19)7-8-13(15)18(23)20(14)2/h7-9,14,16H,3-6,10-11H2,1-2H3. The lowest BCUT2D eigenvalue weighted by atomic mass is 10.1. The molecule has 2 aliphatic rings. The van der Waals surface area contributed by atoms with Gasteiger partial charge in [0.2, 0.25) is 5.91 Å². The number of carbonyl (C=O) groups excluding carboxylic acids is 2. The van der Waals surface area contributed by atoms with E-state index in [-0.39, 0.29) is 29.7 Å². The van der Waals surface area contributed by atoms with Gasteiger partial charge in [0.1, 0.15) is 17.7 Å². The molecule has 0 N–H and O–H groups in total. The number of halogens is 1. The SMILES string of the molecule is CCCCCC(=O)N1CC2Oc3cc(F)ccc3C(=O)N(C)C2C1. The number of unbranched alkanes of at least 4 members (excludes halogenated alkanes) is 2. The van der Waals surface area contributed by atoms with Crippen LogP contribution in [0.3, 0.4) is 0 Å². The van der Waals surface area contributed by atoms with Gasteiger partial charge in [-0.1, -0.05) is 19.8 Å². The van der Waals surface area contributed by atoms with E-state index < -0.39 is 5.82 Å². The summed E-state index contributed by atoms with van der Waals surface area (Å²) in [5.74, 6) is -0.272. The zero-order valence-corrected chi connectivity index (χ0v) is 14.1. The van der Waals surface area contributed by atoms with Gasteiger partial charge in [-0.3, -0.25) is 9.59 Å². The molecule has 5 nitrogen and oxygen atoms in total. The molecule has 2 heterocycles. The van der Waals surface area contributed by atoms with Gasteiger partial charge < -0.3 is 14.5 Å². The summed E-state index contributed by atoms with van der Waals surface area (Å²) in [6.45, 7) is 3.00. The molecule has 2 aliphatic heterocycles. The van der Waals surface area contributed by atoms with Crippen molar-refractivity contribution in [2.24, 2.45) is 0 Å². The molecule has 0 bridgehead atoms. The lowest BCUT2D eigenvalue weighted by Gasteiger charge is -2.25. The van der Waals surface area contributed by atoms with Gasteiger partial charge in [-0.05, 0) is 18.6 Å². The van der Waals surface area contributed by atoms with Crippen LogP contribution in [-0.4, -0.2) is 53.9 Å². The quantitative estimate of drug-likeness (QED) is 0.795. The molecule has 1 aromatic carbocycles. The van der Waals surface area contributed by atoms with Crippen LogP contribution >= 0.6 is 0 Å². The van der Waals surface area contributed by atoms with Crippen molar-refractivity contribution in [2.75, 3.05) is 20.1 Å². The summed E-state index contributed by atoms with van der Waals surface area (Å²) < 4.78 is 19.4. The molecule has 3 rings (SSSR count). The van der Waals surface area contributed by atoms with Crippen molar-refractivity contribution in [1.82, 2.24) is 9.80 Å². The third kappa shape index (κ3) is 3.09. The minimum absolute atomic E-state index is 0.0976. The third-order valence-corrected chi connectivity index (χ3v) is 4.85. The summed E-state index contributed by atoms with van der Waals surface area (Å²) in [6.07, 6.45) is 3.19. The van der Waals surface area contributed by atoms with E-state index in [2.05, 4.69) is 6.92 Å². The van der Waals surface area contributed by atoms with Crippen molar-refractivity contribution < 1.29 is 18.7 Å². The number of likely N-dealkylation sites (N-methyl/N-ethyl adjacent to an activating group) is 1. The number of amides is 2. The maximum absolute atomic E-state index is 13.5. The van der Waals surface area contributed by atoms with Crippen LogP contribution < -0.4 is 4.74 Å². The molecular weight excluding hydrogens is 311 g/mol. The van der Waals surface area contributed by atoms with Crippen molar-refractivity contribution in [3.05, 3.63) is 29.6 Å². The van der Waals surface area contributed by atoms with Gasteiger partial charge in [0.15, 0.2) is 0 Å². The number of rotatable bonds is 4. The first kappa shape index (κ1) is 16.7. The van der Waals surface area contributed by atoms with Crippen molar-refractivity contribution in [3.8, 4) is 5.75 Å². The van der Waals surface area contributed by atoms with Crippen molar-refractivity contribution >= 4 is 11.8 Å². The fourth-order valence-electron chi connectivity index (χ4n) is 3.41. The molecule has 1 fully saturated rings. The normalized spacial score (nSPS) is 22.7. The predicted octanol–water partition coefficient (Wildman–Crippen LogP) is 2.45. The van der Waals surface area contributed by atoms with Crippen LogP contribution in [0.2, 0.25) is 0 Å². The first-order valence-corrected chi connectivity index (χ1v) is 8.52. The fourth-order valence-corrected chi connectivity index (χ4v) is 3.41. The Bertz CT molecular complexity index is 649. The van der Waals surface area contributed by atoms with E-state index >= 15 is 0 Å².